The van der Waals surface area contributed by atoms with Crippen molar-refractivity contribution in [2.45, 2.75) is 17.7 Å². The molecule has 126 valence electrons. The van der Waals surface area contributed by atoms with Gasteiger partial charge in [0.25, 0.3) is 0 Å². The van der Waals surface area contributed by atoms with E-state index < -0.39 is 10.0 Å². The number of nitrogens with zero attached hydrogens (tertiary/aromatic N) is 2. The monoisotopic (exact) mass is 346 g/mol. The zero-order valence-electron chi connectivity index (χ0n) is 13.0. The normalized spacial score (nSPS) is 16.0. The van der Waals surface area contributed by atoms with Crippen LogP contribution in [-0.4, -0.2) is 42.2 Å². The first kappa shape index (κ1) is 16.5. The highest BCUT2D eigenvalue weighted by Gasteiger charge is 2.26. The summed E-state index contributed by atoms with van der Waals surface area (Å²) in [5.74, 6) is -0.408. The lowest BCUT2D eigenvalue weighted by molar-refractivity contribution is 0.403. The Balaban J connectivity index is 1.77. The fraction of sp³-hybridized carbons (Fsp3) is 0.235. The number of hydrogen-bond acceptors (Lipinski definition) is 5. The Morgan fingerprint density at radius 3 is 2.25 bits per heavy atom. The number of hydrogen-bond donors (Lipinski definition) is 2. The summed E-state index contributed by atoms with van der Waals surface area (Å²) in [6.07, 6.45) is 3.34. The SMILES string of the molecule is O=S(=O)(c1ccc(N=Cc2ccc(O)c(O)c2)cc1)N1CCCC1. The average Bonchev–Trinajstić information content (AvgIpc) is 3.12. The predicted molar refractivity (Wildman–Crippen MR) is 91.5 cm³/mol. The minimum Gasteiger partial charge on any atom is -0.504 e. The third-order valence-corrected chi connectivity index (χ3v) is 5.81. The molecule has 0 amide bonds. The Hall–Kier alpha value is -2.38. The Morgan fingerprint density at radius 2 is 1.62 bits per heavy atom. The van der Waals surface area contributed by atoms with Gasteiger partial charge in [-0.05, 0) is 60.9 Å². The van der Waals surface area contributed by atoms with E-state index >= 15 is 0 Å². The number of aliphatic imine (C=N–C) groups is 1. The van der Waals surface area contributed by atoms with E-state index in [1.807, 2.05) is 0 Å². The van der Waals surface area contributed by atoms with E-state index in [0.29, 0.717) is 24.3 Å². The molecule has 1 heterocycles. The molecule has 0 bridgehead atoms. The van der Waals surface area contributed by atoms with Crippen LogP contribution in [-0.2, 0) is 10.0 Å². The van der Waals surface area contributed by atoms with Crippen LogP contribution in [0.1, 0.15) is 18.4 Å². The van der Waals surface area contributed by atoms with Crippen molar-refractivity contribution in [1.29, 1.82) is 0 Å². The second kappa shape index (κ2) is 6.62. The molecule has 2 aromatic carbocycles. The second-order valence-electron chi connectivity index (χ2n) is 5.61. The zero-order valence-corrected chi connectivity index (χ0v) is 13.8. The van der Waals surface area contributed by atoms with E-state index in [4.69, 9.17) is 0 Å². The summed E-state index contributed by atoms with van der Waals surface area (Å²) in [4.78, 5) is 4.51. The molecule has 1 aliphatic rings. The van der Waals surface area contributed by atoms with Crippen molar-refractivity contribution in [1.82, 2.24) is 4.31 Å². The standard InChI is InChI=1S/C17H18N2O4S/c20-16-8-3-13(11-17(16)21)12-18-14-4-6-15(7-5-14)24(22,23)19-9-1-2-10-19/h3-8,11-12,20-21H,1-2,9-10H2. The molecular formula is C17H18N2O4S. The first-order valence-electron chi connectivity index (χ1n) is 7.63. The molecule has 0 radical (unpaired) electrons. The van der Waals surface area contributed by atoms with E-state index in [2.05, 4.69) is 4.99 Å². The van der Waals surface area contributed by atoms with Gasteiger partial charge in [-0.25, -0.2) is 8.42 Å². The van der Waals surface area contributed by atoms with Crippen LogP contribution in [0.3, 0.4) is 0 Å². The molecule has 0 aromatic heterocycles. The highest BCUT2D eigenvalue weighted by molar-refractivity contribution is 7.89. The topological polar surface area (TPSA) is 90.2 Å². The number of rotatable bonds is 4. The van der Waals surface area contributed by atoms with Crippen LogP contribution in [0.4, 0.5) is 5.69 Å². The van der Waals surface area contributed by atoms with Gasteiger partial charge in [0.05, 0.1) is 10.6 Å². The summed E-state index contributed by atoms with van der Waals surface area (Å²) >= 11 is 0. The van der Waals surface area contributed by atoms with E-state index in [9.17, 15) is 18.6 Å². The molecule has 1 fully saturated rings. The maximum absolute atomic E-state index is 12.4. The van der Waals surface area contributed by atoms with Crippen molar-refractivity contribution >= 4 is 21.9 Å². The first-order chi connectivity index (χ1) is 11.5. The molecule has 0 aliphatic carbocycles. The number of phenols is 2. The van der Waals surface area contributed by atoms with Crippen LogP contribution in [0.25, 0.3) is 0 Å². The molecule has 1 saturated heterocycles. The first-order valence-corrected chi connectivity index (χ1v) is 9.07. The highest BCUT2D eigenvalue weighted by atomic mass is 32.2. The van der Waals surface area contributed by atoms with Crippen LogP contribution < -0.4 is 0 Å². The molecule has 2 N–H and O–H groups in total. The van der Waals surface area contributed by atoms with Gasteiger partial charge in [-0.3, -0.25) is 4.99 Å². The van der Waals surface area contributed by atoms with Gasteiger partial charge in [0.2, 0.25) is 10.0 Å². The van der Waals surface area contributed by atoms with E-state index in [-0.39, 0.29) is 16.4 Å². The molecule has 1 aliphatic heterocycles. The molecule has 2 aromatic rings. The highest BCUT2D eigenvalue weighted by Crippen LogP contribution is 2.25. The lowest BCUT2D eigenvalue weighted by Crippen LogP contribution is -2.27. The smallest absolute Gasteiger partial charge is 0.243 e. The third-order valence-electron chi connectivity index (χ3n) is 3.90. The van der Waals surface area contributed by atoms with E-state index in [1.54, 1.807) is 30.3 Å². The van der Waals surface area contributed by atoms with Gasteiger partial charge in [-0.2, -0.15) is 4.31 Å². The molecule has 3 rings (SSSR count). The van der Waals surface area contributed by atoms with E-state index in [1.165, 1.54) is 22.7 Å². The molecule has 0 atom stereocenters. The Labute approximate surface area is 140 Å². The van der Waals surface area contributed by atoms with Crippen LogP contribution in [0, 0.1) is 0 Å². The van der Waals surface area contributed by atoms with E-state index in [0.717, 1.165) is 12.8 Å². The maximum atomic E-state index is 12.4. The molecule has 0 spiro atoms. The summed E-state index contributed by atoms with van der Waals surface area (Å²) in [7, 11) is -3.41. The molecule has 6 nitrogen and oxygen atoms in total. The zero-order chi connectivity index (χ0) is 17.2. The number of aromatic hydroxyl groups is 2. The number of phenolic OH excluding ortho intramolecular Hbond substituents is 2. The lowest BCUT2D eigenvalue weighted by Gasteiger charge is -2.15. The van der Waals surface area contributed by atoms with Crippen molar-refractivity contribution in [3.63, 3.8) is 0 Å². The molecular weight excluding hydrogens is 328 g/mol. The second-order valence-corrected chi connectivity index (χ2v) is 7.55. The fourth-order valence-corrected chi connectivity index (χ4v) is 4.07. The van der Waals surface area contributed by atoms with Crippen molar-refractivity contribution in [2.75, 3.05) is 13.1 Å². The van der Waals surface area contributed by atoms with Crippen molar-refractivity contribution < 1.29 is 18.6 Å². The van der Waals surface area contributed by atoms with Gasteiger partial charge < -0.3 is 10.2 Å². The molecule has 0 saturated carbocycles. The summed E-state index contributed by atoms with van der Waals surface area (Å²) in [5.41, 5.74) is 1.22. The van der Waals surface area contributed by atoms with Crippen LogP contribution >= 0.6 is 0 Å². The third kappa shape index (κ3) is 3.42. The maximum Gasteiger partial charge on any atom is 0.243 e. The fourth-order valence-electron chi connectivity index (χ4n) is 2.55. The minimum atomic E-state index is -3.41. The number of sulfonamides is 1. The molecule has 0 unspecified atom stereocenters. The van der Waals surface area contributed by atoms with Crippen LogP contribution in [0.15, 0.2) is 52.4 Å². The average molecular weight is 346 g/mol. The van der Waals surface area contributed by atoms with Crippen LogP contribution in [0.5, 0.6) is 11.5 Å². The largest absolute Gasteiger partial charge is 0.504 e. The van der Waals surface area contributed by atoms with Gasteiger partial charge in [-0.15, -0.1) is 0 Å². The molecule has 24 heavy (non-hydrogen) atoms. The Morgan fingerprint density at radius 1 is 0.958 bits per heavy atom. The lowest BCUT2D eigenvalue weighted by atomic mass is 10.2. The van der Waals surface area contributed by atoms with Crippen molar-refractivity contribution in [3.8, 4) is 11.5 Å². The molecule has 7 heteroatoms. The Bertz CT molecular complexity index is 855. The summed E-state index contributed by atoms with van der Waals surface area (Å²) in [6, 6.07) is 10.8. The predicted octanol–water partition coefficient (Wildman–Crippen LogP) is 2.63. The minimum absolute atomic E-state index is 0.191. The van der Waals surface area contributed by atoms with Crippen LogP contribution in [0.2, 0.25) is 0 Å². The van der Waals surface area contributed by atoms with Gasteiger partial charge in [0.1, 0.15) is 0 Å². The quantitative estimate of drug-likeness (QED) is 0.658. The van der Waals surface area contributed by atoms with Gasteiger partial charge in [0, 0.05) is 19.3 Å². The van der Waals surface area contributed by atoms with Crippen molar-refractivity contribution in [3.05, 3.63) is 48.0 Å². The number of benzene rings is 2. The summed E-state index contributed by atoms with van der Waals surface area (Å²) < 4.78 is 26.4. The van der Waals surface area contributed by atoms with Gasteiger partial charge in [-0.1, -0.05) is 0 Å². The summed E-state index contributed by atoms with van der Waals surface area (Å²) in [5, 5.41) is 18.7. The van der Waals surface area contributed by atoms with Gasteiger partial charge >= 0.3 is 0 Å². The Kier molecular flexibility index (Phi) is 4.55. The summed E-state index contributed by atoms with van der Waals surface area (Å²) in [6.45, 7) is 1.15. The van der Waals surface area contributed by atoms with Crippen molar-refractivity contribution in [2.24, 2.45) is 4.99 Å². The van der Waals surface area contributed by atoms with Gasteiger partial charge in [0.15, 0.2) is 11.5 Å².